The molecule has 0 bridgehead atoms. The van der Waals surface area contributed by atoms with Gasteiger partial charge in [-0.2, -0.15) is 5.10 Å². The molecule has 0 spiro atoms. The van der Waals surface area contributed by atoms with E-state index in [2.05, 4.69) is 24.4 Å². The number of amides is 1. The number of hydrogen-bond donors (Lipinski definition) is 1. The maximum absolute atomic E-state index is 11.3. The first-order chi connectivity index (χ1) is 11.4. The van der Waals surface area contributed by atoms with Crippen LogP contribution in [0.2, 0.25) is 0 Å². The summed E-state index contributed by atoms with van der Waals surface area (Å²) in [5, 5.41) is 4.53. The second-order valence-electron chi connectivity index (χ2n) is 9.62. The number of carbonyl (C=O) groups is 1. The average molecular weight is 331 g/mol. The highest BCUT2D eigenvalue weighted by Gasteiger charge is 2.58. The molecule has 4 fully saturated rings. The molecule has 4 aliphatic rings. The molecule has 4 aliphatic carbocycles. The van der Waals surface area contributed by atoms with Gasteiger partial charge in [-0.05, 0) is 80.5 Å². The third kappa shape index (κ3) is 2.37. The lowest BCUT2D eigenvalue weighted by atomic mass is 9.45. The van der Waals surface area contributed by atoms with Crippen LogP contribution in [0.5, 0.6) is 0 Å². The molecule has 3 nitrogen and oxygen atoms in total. The van der Waals surface area contributed by atoms with E-state index in [-0.39, 0.29) is 11.3 Å². The number of nitrogens with zero attached hydrogens (tertiary/aromatic N) is 1. The molecule has 134 valence electrons. The van der Waals surface area contributed by atoms with Crippen molar-refractivity contribution in [1.29, 1.82) is 0 Å². The zero-order chi connectivity index (χ0) is 16.9. The Balaban J connectivity index is 1.59. The van der Waals surface area contributed by atoms with E-state index < -0.39 is 0 Å². The molecule has 0 radical (unpaired) electrons. The number of hydrogen-bond acceptors (Lipinski definition) is 2. The van der Waals surface area contributed by atoms with Gasteiger partial charge in [0.25, 0.3) is 0 Å². The Morgan fingerprint density at radius 3 is 2.67 bits per heavy atom. The summed E-state index contributed by atoms with van der Waals surface area (Å²) in [6.07, 6.45) is 13.8. The van der Waals surface area contributed by atoms with Crippen molar-refractivity contribution in [3.05, 3.63) is 0 Å². The Bertz CT molecular complexity index is 556. The molecule has 24 heavy (non-hydrogen) atoms. The van der Waals surface area contributed by atoms with Crippen molar-refractivity contribution in [2.75, 3.05) is 0 Å². The summed E-state index contributed by atoms with van der Waals surface area (Å²) in [4.78, 5) is 11.3. The van der Waals surface area contributed by atoms with Gasteiger partial charge >= 0.3 is 0 Å². The molecule has 0 aromatic carbocycles. The van der Waals surface area contributed by atoms with Crippen LogP contribution in [-0.4, -0.2) is 11.6 Å². The van der Waals surface area contributed by atoms with Gasteiger partial charge in [0.2, 0.25) is 5.91 Å². The third-order valence-electron chi connectivity index (χ3n) is 8.67. The lowest BCUT2D eigenvalue weighted by Crippen LogP contribution is -2.52. The second-order valence-corrected chi connectivity index (χ2v) is 9.62. The number of carbonyl (C=O) groups excluding carboxylic acids is 1. The quantitative estimate of drug-likeness (QED) is 0.682. The Morgan fingerprint density at radius 1 is 1.04 bits per heavy atom. The topological polar surface area (TPSA) is 41.5 Å². The van der Waals surface area contributed by atoms with Crippen LogP contribution in [0.15, 0.2) is 5.10 Å². The molecule has 0 heterocycles. The van der Waals surface area contributed by atoms with Crippen molar-refractivity contribution in [1.82, 2.24) is 5.43 Å². The van der Waals surface area contributed by atoms with Crippen molar-refractivity contribution < 1.29 is 4.79 Å². The molecule has 6 atom stereocenters. The van der Waals surface area contributed by atoms with Gasteiger partial charge in [0.1, 0.15) is 0 Å². The highest BCUT2D eigenvalue weighted by molar-refractivity contribution is 5.93. The van der Waals surface area contributed by atoms with Crippen LogP contribution < -0.4 is 5.43 Å². The molecule has 0 saturated heterocycles. The number of hydrazone groups is 1. The van der Waals surface area contributed by atoms with Crippen LogP contribution in [0.1, 0.15) is 85.0 Å². The first-order valence-corrected chi connectivity index (χ1v) is 10.3. The number of fused-ring (bicyclic) bond motifs is 5. The van der Waals surface area contributed by atoms with Crippen molar-refractivity contribution in [2.24, 2.45) is 39.6 Å². The Hall–Kier alpha value is -0.860. The highest BCUT2D eigenvalue weighted by Crippen LogP contribution is 2.65. The summed E-state index contributed by atoms with van der Waals surface area (Å²) in [6.45, 7) is 6.63. The van der Waals surface area contributed by atoms with Gasteiger partial charge in [0.05, 0.1) is 0 Å². The second kappa shape index (κ2) is 5.85. The van der Waals surface area contributed by atoms with Crippen LogP contribution in [0.4, 0.5) is 0 Å². The summed E-state index contributed by atoms with van der Waals surface area (Å²) in [6, 6.07) is 0. The lowest BCUT2D eigenvalue weighted by molar-refractivity contribution is -0.118. The smallest absolute Gasteiger partial charge is 0.236 e. The molecule has 1 amide bonds. The Morgan fingerprint density at radius 2 is 1.88 bits per heavy atom. The molecular weight excluding hydrogens is 296 g/mol. The third-order valence-corrected chi connectivity index (χ3v) is 8.67. The molecule has 3 heteroatoms. The van der Waals surface area contributed by atoms with E-state index >= 15 is 0 Å². The van der Waals surface area contributed by atoms with Gasteiger partial charge in [-0.1, -0.05) is 26.7 Å². The minimum atomic E-state index is -0.0431. The minimum absolute atomic E-state index is 0.0431. The van der Waals surface area contributed by atoms with Crippen LogP contribution in [0, 0.1) is 34.5 Å². The van der Waals surface area contributed by atoms with E-state index in [0.717, 1.165) is 30.1 Å². The zero-order valence-corrected chi connectivity index (χ0v) is 15.7. The SMILES string of the molecule is CC(=O)N/N=C1\CC[C@@H]2[C@H]3CC[C@@H]4CCCC[C@]4(C)[C@@H]3CC[C@@]12C. The van der Waals surface area contributed by atoms with Gasteiger partial charge in [-0.3, -0.25) is 4.79 Å². The minimum Gasteiger partial charge on any atom is -0.274 e. The largest absolute Gasteiger partial charge is 0.274 e. The van der Waals surface area contributed by atoms with Crippen molar-refractivity contribution in [3.8, 4) is 0 Å². The molecule has 4 rings (SSSR count). The normalized spacial score (nSPS) is 49.2. The van der Waals surface area contributed by atoms with E-state index in [0.29, 0.717) is 5.41 Å². The van der Waals surface area contributed by atoms with Crippen molar-refractivity contribution >= 4 is 11.6 Å². The molecule has 0 aliphatic heterocycles. The maximum Gasteiger partial charge on any atom is 0.236 e. The summed E-state index contributed by atoms with van der Waals surface area (Å²) in [7, 11) is 0. The maximum atomic E-state index is 11.3. The fraction of sp³-hybridized carbons (Fsp3) is 0.905. The van der Waals surface area contributed by atoms with Gasteiger partial charge in [0.15, 0.2) is 0 Å². The summed E-state index contributed by atoms with van der Waals surface area (Å²) >= 11 is 0. The highest BCUT2D eigenvalue weighted by atomic mass is 16.2. The first kappa shape index (κ1) is 16.6. The Kier molecular flexibility index (Phi) is 4.04. The Labute approximate surface area is 147 Å². The van der Waals surface area contributed by atoms with Crippen molar-refractivity contribution in [3.63, 3.8) is 0 Å². The molecular formula is C21H34N2O. The molecule has 0 aromatic rings. The molecule has 0 unspecified atom stereocenters. The fourth-order valence-corrected chi connectivity index (χ4v) is 7.41. The first-order valence-electron chi connectivity index (χ1n) is 10.3. The number of nitrogens with one attached hydrogen (secondary N) is 1. The van der Waals surface area contributed by atoms with E-state index in [1.165, 1.54) is 63.5 Å². The van der Waals surface area contributed by atoms with Crippen LogP contribution >= 0.6 is 0 Å². The van der Waals surface area contributed by atoms with E-state index in [4.69, 9.17) is 0 Å². The van der Waals surface area contributed by atoms with Crippen LogP contribution in [0.3, 0.4) is 0 Å². The predicted molar refractivity (Wildman–Crippen MR) is 97.6 cm³/mol. The standard InChI is InChI=1S/C21H34N2O/c1-14(24)22-23-19-10-9-17-16-8-7-15-6-4-5-12-20(15,2)18(16)11-13-21(17,19)3/h15-18H,4-13H2,1-3H3,(H,22,24)/b23-19+/t15-,16+,17+,18+,20-,21+/m0/s1. The molecule has 0 aromatic heterocycles. The summed E-state index contributed by atoms with van der Waals surface area (Å²) in [5.41, 5.74) is 4.84. The van der Waals surface area contributed by atoms with Crippen LogP contribution in [-0.2, 0) is 4.79 Å². The molecule has 1 N–H and O–H groups in total. The van der Waals surface area contributed by atoms with E-state index in [1.54, 1.807) is 6.92 Å². The summed E-state index contributed by atoms with van der Waals surface area (Å²) < 4.78 is 0. The molecule has 4 saturated carbocycles. The monoisotopic (exact) mass is 330 g/mol. The average Bonchev–Trinajstić information content (AvgIpc) is 2.89. The lowest BCUT2D eigenvalue weighted by Gasteiger charge is -2.59. The van der Waals surface area contributed by atoms with E-state index in [1.807, 2.05) is 0 Å². The zero-order valence-electron chi connectivity index (χ0n) is 15.7. The van der Waals surface area contributed by atoms with Gasteiger partial charge in [-0.25, -0.2) is 5.43 Å². The fourth-order valence-electron chi connectivity index (χ4n) is 7.41. The van der Waals surface area contributed by atoms with E-state index in [9.17, 15) is 4.79 Å². The van der Waals surface area contributed by atoms with Gasteiger partial charge < -0.3 is 0 Å². The summed E-state index contributed by atoms with van der Waals surface area (Å²) in [5.74, 6) is 3.58. The van der Waals surface area contributed by atoms with Crippen molar-refractivity contribution in [2.45, 2.75) is 85.0 Å². The number of rotatable bonds is 1. The van der Waals surface area contributed by atoms with Gasteiger partial charge in [0, 0.05) is 18.1 Å². The van der Waals surface area contributed by atoms with Crippen LogP contribution in [0.25, 0.3) is 0 Å². The predicted octanol–water partition coefficient (Wildman–Crippen LogP) is 4.91. The van der Waals surface area contributed by atoms with Gasteiger partial charge in [-0.15, -0.1) is 0 Å².